The van der Waals surface area contributed by atoms with Crippen molar-refractivity contribution in [3.05, 3.63) is 83.4 Å². The molecule has 0 bridgehead atoms. The van der Waals surface area contributed by atoms with E-state index in [4.69, 9.17) is 14.7 Å². The molecule has 10 nitrogen and oxygen atoms in total. The molecule has 1 heterocycles. The van der Waals surface area contributed by atoms with Gasteiger partial charge in [-0.3, -0.25) is 19.3 Å². The van der Waals surface area contributed by atoms with Crippen molar-refractivity contribution in [3.8, 4) is 5.75 Å². The van der Waals surface area contributed by atoms with Gasteiger partial charge in [0.15, 0.2) is 0 Å². The fourth-order valence-corrected chi connectivity index (χ4v) is 5.48. The van der Waals surface area contributed by atoms with Gasteiger partial charge in [-0.15, -0.1) is 0 Å². The number of halogens is 3. The van der Waals surface area contributed by atoms with Gasteiger partial charge in [0.25, 0.3) is 10.0 Å². The Balaban J connectivity index is 1.57. The van der Waals surface area contributed by atoms with Crippen LogP contribution in [0.15, 0.2) is 71.6 Å². The van der Waals surface area contributed by atoms with Crippen LogP contribution in [-0.2, 0) is 32.4 Å². The number of hydroxylamine groups is 1. The van der Waals surface area contributed by atoms with Gasteiger partial charge < -0.3 is 9.84 Å². The molecule has 1 aliphatic rings. The van der Waals surface area contributed by atoms with Gasteiger partial charge in [-0.2, -0.15) is 13.2 Å². The average molecular weight is 580 g/mol. The number of hydrogen-bond acceptors (Lipinski definition) is 6. The van der Waals surface area contributed by atoms with Crippen molar-refractivity contribution < 1.29 is 45.9 Å². The Kier molecular flexibility index (Phi) is 8.21. The van der Waals surface area contributed by atoms with Crippen LogP contribution in [0.25, 0.3) is 0 Å². The summed E-state index contributed by atoms with van der Waals surface area (Å²) in [5, 5.41) is 11.1. The van der Waals surface area contributed by atoms with Crippen LogP contribution in [0.5, 0.6) is 5.75 Å². The number of nitrogens with zero attached hydrogens (tertiary/aromatic N) is 1. The number of nitrogens with one attached hydrogen (secondary N) is 2. The third kappa shape index (κ3) is 6.82. The molecule has 0 radical (unpaired) electrons. The molecule has 40 heavy (non-hydrogen) atoms. The van der Waals surface area contributed by atoms with Gasteiger partial charge in [0.05, 0.1) is 35.7 Å². The number of ether oxygens (including phenoxy) is 1. The highest BCUT2D eigenvalue weighted by atomic mass is 32.2. The van der Waals surface area contributed by atoms with Crippen LogP contribution < -0.4 is 19.8 Å². The van der Waals surface area contributed by atoms with Crippen LogP contribution >= 0.6 is 0 Å². The molecule has 2 amide bonds. The molecule has 0 aromatic heterocycles. The predicted octanol–water partition coefficient (Wildman–Crippen LogP) is 4.70. The third-order valence-corrected chi connectivity index (χ3v) is 7.63. The molecule has 3 aromatic rings. The molecule has 1 atom stereocenters. The first-order valence-corrected chi connectivity index (χ1v) is 13.2. The van der Waals surface area contributed by atoms with Crippen LogP contribution in [-0.4, -0.2) is 38.2 Å². The number of hydrogen-bond donors (Lipinski definition) is 3. The molecule has 14 heteroatoms. The summed E-state index contributed by atoms with van der Waals surface area (Å²) in [7, 11) is -4.61. The summed E-state index contributed by atoms with van der Waals surface area (Å²) < 4.78 is 73.7. The van der Waals surface area contributed by atoms with Gasteiger partial charge in [-0.05, 0) is 48.9 Å². The zero-order valence-electron chi connectivity index (χ0n) is 20.9. The molecule has 1 unspecified atom stereocenters. The minimum absolute atomic E-state index is 0.000194. The Bertz CT molecular complexity index is 1510. The predicted molar refractivity (Wildman–Crippen MR) is 137 cm³/mol. The Morgan fingerprint density at radius 3 is 2.50 bits per heavy atom. The van der Waals surface area contributed by atoms with Crippen molar-refractivity contribution in [1.82, 2.24) is 5.48 Å². The van der Waals surface area contributed by atoms with E-state index in [9.17, 15) is 31.2 Å². The zero-order chi connectivity index (χ0) is 29.1. The molecular formula is C26H24F3N3O7S. The van der Waals surface area contributed by atoms with E-state index in [0.29, 0.717) is 6.07 Å². The summed E-state index contributed by atoms with van der Waals surface area (Å²) in [4.78, 5) is 28.2. The maximum Gasteiger partial charge on any atom is 0.416 e. The number of alkyl halides is 3. The second kappa shape index (κ2) is 11.4. The topological polar surface area (TPSA) is 134 Å². The standard InChI is InChI=1S/C26H24F3N3O7S/c1-16-5-7-17(8-6-16)15-38-31-24(33)13-20-14-32(22-12-19(30-25(34)35)9-10-23(22)39-20)40(36,37)21-4-2-3-18(11-21)26(27,28)29/h2-12,20,30H,13-15H2,1H3,(H,31,33)(H,34,35). The van der Waals surface area contributed by atoms with Gasteiger partial charge in [0, 0.05) is 5.69 Å². The smallest absolute Gasteiger partial charge is 0.416 e. The number of carbonyl (C=O) groups excluding carboxylic acids is 1. The molecule has 1 aliphatic heterocycles. The molecule has 0 spiro atoms. The van der Waals surface area contributed by atoms with Crippen molar-refractivity contribution in [2.24, 2.45) is 0 Å². The van der Waals surface area contributed by atoms with Crippen LogP contribution in [0.3, 0.4) is 0 Å². The number of fused-ring (bicyclic) bond motifs is 1. The fourth-order valence-electron chi connectivity index (χ4n) is 3.94. The first-order chi connectivity index (χ1) is 18.8. The quantitative estimate of drug-likeness (QED) is 0.330. The van der Waals surface area contributed by atoms with Crippen molar-refractivity contribution in [2.75, 3.05) is 16.2 Å². The molecule has 3 aromatic carbocycles. The zero-order valence-corrected chi connectivity index (χ0v) is 21.8. The van der Waals surface area contributed by atoms with Crippen LogP contribution in [0.2, 0.25) is 0 Å². The maximum atomic E-state index is 13.6. The Hall–Kier alpha value is -4.30. The van der Waals surface area contributed by atoms with Gasteiger partial charge in [-0.1, -0.05) is 35.9 Å². The lowest BCUT2D eigenvalue weighted by molar-refractivity contribution is -0.138. The minimum Gasteiger partial charge on any atom is -0.486 e. The van der Waals surface area contributed by atoms with Gasteiger partial charge in [-0.25, -0.2) is 18.7 Å². The van der Waals surface area contributed by atoms with Crippen LogP contribution in [0.4, 0.5) is 29.3 Å². The summed E-state index contributed by atoms with van der Waals surface area (Å²) in [6.07, 6.45) is -7.60. The van der Waals surface area contributed by atoms with Crippen molar-refractivity contribution in [3.63, 3.8) is 0 Å². The Morgan fingerprint density at radius 1 is 1.10 bits per heavy atom. The lowest BCUT2D eigenvalue weighted by Gasteiger charge is -2.35. The number of benzene rings is 3. The van der Waals surface area contributed by atoms with Crippen LogP contribution in [0.1, 0.15) is 23.1 Å². The van der Waals surface area contributed by atoms with E-state index in [1.165, 1.54) is 18.2 Å². The Labute approximate surface area is 227 Å². The summed E-state index contributed by atoms with van der Waals surface area (Å²) in [5.41, 5.74) is 2.85. The number of aryl methyl sites for hydroxylation is 1. The second-order valence-electron chi connectivity index (χ2n) is 8.92. The normalized spacial score (nSPS) is 15.1. The third-order valence-electron chi connectivity index (χ3n) is 5.85. The molecule has 0 saturated heterocycles. The summed E-state index contributed by atoms with van der Waals surface area (Å²) in [6, 6.07) is 14.4. The van der Waals surface area contributed by atoms with Gasteiger partial charge >= 0.3 is 12.3 Å². The number of rotatable bonds is 8. The highest BCUT2D eigenvalue weighted by molar-refractivity contribution is 7.92. The molecule has 3 N–H and O–H groups in total. The number of amides is 2. The SMILES string of the molecule is Cc1ccc(CONC(=O)CC2CN(S(=O)(=O)c3cccc(C(F)(F)F)c3)c3cc(NC(=O)O)ccc3O2)cc1. The van der Waals surface area contributed by atoms with Crippen LogP contribution in [0, 0.1) is 6.92 Å². The highest BCUT2D eigenvalue weighted by Gasteiger charge is 2.37. The maximum absolute atomic E-state index is 13.6. The van der Waals surface area contributed by atoms with E-state index in [1.54, 1.807) is 0 Å². The molecule has 0 saturated carbocycles. The highest BCUT2D eigenvalue weighted by Crippen LogP contribution is 2.40. The number of carboxylic acid groups (broad SMARTS) is 1. The first-order valence-electron chi connectivity index (χ1n) is 11.8. The largest absolute Gasteiger partial charge is 0.486 e. The second-order valence-corrected chi connectivity index (χ2v) is 10.8. The van der Waals surface area contributed by atoms with E-state index in [-0.39, 0.29) is 30.2 Å². The summed E-state index contributed by atoms with van der Waals surface area (Å²) in [6.45, 7) is 1.55. The van der Waals surface area contributed by atoms with E-state index < -0.39 is 51.3 Å². The minimum atomic E-state index is -4.79. The molecule has 0 aliphatic carbocycles. The fraction of sp³-hybridized carbons (Fsp3) is 0.231. The lowest BCUT2D eigenvalue weighted by Crippen LogP contribution is -2.45. The first kappa shape index (κ1) is 28.7. The number of anilines is 2. The Morgan fingerprint density at radius 2 is 1.82 bits per heavy atom. The van der Waals surface area contributed by atoms with E-state index >= 15 is 0 Å². The number of sulfonamides is 1. The molecule has 212 valence electrons. The van der Waals surface area contributed by atoms with E-state index in [2.05, 4.69) is 10.8 Å². The van der Waals surface area contributed by atoms with E-state index in [0.717, 1.165) is 33.6 Å². The molecule has 4 rings (SSSR count). The molecular weight excluding hydrogens is 555 g/mol. The summed E-state index contributed by atoms with van der Waals surface area (Å²) >= 11 is 0. The van der Waals surface area contributed by atoms with Crippen molar-refractivity contribution in [1.29, 1.82) is 0 Å². The lowest BCUT2D eigenvalue weighted by atomic mass is 10.1. The molecule has 0 fully saturated rings. The summed E-state index contributed by atoms with van der Waals surface area (Å²) in [5.74, 6) is -0.641. The van der Waals surface area contributed by atoms with Crippen molar-refractivity contribution in [2.45, 2.75) is 37.1 Å². The monoisotopic (exact) mass is 579 g/mol. The average Bonchev–Trinajstić information content (AvgIpc) is 2.89. The van der Waals surface area contributed by atoms with E-state index in [1.807, 2.05) is 31.2 Å². The van der Waals surface area contributed by atoms with Gasteiger partial charge in [0.1, 0.15) is 11.9 Å². The van der Waals surface area contributed by atoms with Crippen molar-refractivity contribution >= 4 is 33.4 Å². The van der Waals surface area contributed by atoms with Gasteiger partial charge in [0.2, 0.25) is 5.91 Å². The number of carbonyl (C=O) groups is 2.